The van der Waals surface area contributed by atoms with Crippen LogP contribution >= 0.6 is 11.8 Å². The molecule has 1 aromatic carbocycles. The lowest BCUT2D eigenvalue weighted by molar-refractivity contribution is -0.136. The molecule has 2 aliphatic heterocycles. The van der Waals surface area contributed by atoms with Crippen molar-refractivity contribution in [2.75, 3.05) is 12.3 Å². The Labute approximate surface area is 129 Å². The summed E-state index contributed by atoms with van der Waals surface area (Å²) in [6.45, 7) is -0.118. The molecular formula is C15H10N2O4S. The van der Waals surface area contributed by atoms with Gasteiger partial charge in [0.25, 0.3) is 5.91 Å². The highest BCUT2D eigenvalue weighted by atomic mass is 32.2. The van der Waals surface area contributed by atoms with E-state index < -0.39 is 11.4 Å². The number of hydrogen-bond acceptors (Lipinski definition) is 5. The second kappa shape index (κ2) is 4.30. The summed E-state index contributed by atoms with van der Waals surface area (Å²) in [5.74, 6) is -1.29. The minimum Gasteiger partial charge on any atom is -0.345 e. The first-order valence-corrected chi connectivity index (χ1v) is 7.68. The second-order valence-electron chi connectivity index (χ2n) is 5.33. The van der Waals surface area contributed by atoms with Crippen LogP contribution in [0.4, 0.5) is 0 Å². The van der Waals surface area contributed by atoms with Crippen molar-refractivity contribution in [2.24, 2.45) is 0 Å². The lowest BCUT2D eigenvalue weighted by Crippen LogP contribution is -2.68. The highest BCUT2D eigenvalue weighted by Gasteiger charge is 2.56. The summed E-state index contributed by atoms with van der Waals surface area (Å²) in [7, 11) is 0. The third-order valence-corrected chi connectivity index (χ3v) is 5.34. The third kappa shape index (κ3) is 1.51. The fourth-order valence-electron chi connectivity index (χ4n) is 3.06. The predicted molar refractivity (Wildman–Crippen MR) is 78.5 cm³/mol. The monoisotopic (exact) mass is 314 g/mol. The van der Waals surface area contributed by atoms with Crippen LogP contribution in [0.3, 0.4) is 0 Å². The number of fused-ring (bicyclic) bond motifs is 2. The van der Waals surface area contributed by atoms with Crippen molar-refractivity contribution in [2.45, 2.75) is 5.54 Å². The number of benzene rings is 1. The van der Waals surface area contributed by atoms with Crippen molar-refractivity contribution < 1.29 is 19.2 Å². The van der Waals surface area contributed by atoms with E-state index in [1.54, 1.807) is 24.3 Å². The van der Waals surface area contributed by atoms with E-state index in [1.165, 1.54) is 0 Å². The molecule has 2 heterocycles. The van der Waals surface area contributed by atoms with E-state index in [9.17, 15) is 19.2 Å². The number of thioether (sulfide) groups is 1. The first-order valence-electron chi connectivity index (χ1n) is 6.70. The van der Waals surface area contributed by atoms with E-state index in [4.69, 9.17) is 0 Å². The lowest BCUT2D eigenvalue weighted by atomic mass is 9.78. The van der Waals surface area contributed by atoms with Gasteiger partial charge in [0.05, 0.1) is 17.0 Å². The molecule has 0 unspecified atom stereocenters. The number of carbonyl (C=O) groups is 4. The number of piperazine rings is 1. The Bertz CT molecular complexity index is 814. The first kappa shape index (κ1) is 13.3. The fraction of sp³-hybridized carbons (Fsp3) is 0.200. The quantitative estimate of drug-likeness (QED) is 0.706. The minimum atomic E-state index is -1.43. The van der Waals surface area contributed by atoms with E-state index in [0.29, 0.717) is 5.56 Å². The highest BCUT2D eigenvalue weighted by molar-refractivity contribution is 8.04. The molecule has 0 aromatic heterocycles. The zero-order valence-electron chi connectivity index (χ0n) is 11.3. The van der Waals surface area contributed by atoms with Gasteiger partial charge in [-0.25, -0.2) is 0 Å². The van der Waals surface area contributed by atoms with Crippen LogP contribution in [0.2, 0.25) is 0 Å². The number of hydrogen-bond donors (Lipinski definition) is 2. The van der Waals surface area contributed by atoms with Crippen molar-refractivity contribution in [3.8, 4) is 0 Å². The third-order valence-electron chi connectivity index (χ3n) is 4.09. The molecule has 110 valence electrons. The van der Waals surface area contributed by atoms with Crippen molar-refractivity contribution in [3.05, 3.63) is 45.9 Å². The van der Waals surface area contributed by atoms with Gasteiger partial charge in [0.1, 0.15) is 0 Å². The molecular weight excluding hydrogens is 304 g/mol. The molecule has 7 heteroatoms. The first-order chi connectivity index (χ1) is 10.5. The van der Waals surface area contributed by atoms with Crippen molar-refractivity contribution in [1.82, 2.24) is 10.6 Å². The van der Waals surface area contributed by atoms with Crippen LogP contribution in [-0.2, 0) is 9.59 Å². The maximum atomic E-state index is 12.8. The smallest absolute Gasteiger partial charge is 0.251 e. The van der Waals surface area contributed by atoms with Gasteiger partial charge < -0.3 is 10.6 Å². The number of nitrogens with one attached hydrogen (secondary N) is 2. The fourth-order valence-corrected chi connectivity index (χ4v) is 4.42. The largest absolute Gasteiger partial charge is 0.345 e. The normalized spacial score (nSPS) is 26.7. The highest BCUT2D eigenvalue weighted by Crippen LogP contribution is 2.45. The van der Waals surface area contributed by atoms with E-state index in [0.717, 1.165) is 11.8 Å². The maximum absolute atomic E-state index is 12.8. The summed E-state index contributed by atoms with van der Waals surface area (Å²) in [4.78, 5) is 49.7. The molecule has 2 N–H and O–H groups in total. The molecule has 0 bridgehead atoms. The van der Waals surface area contributed by atoms with Crippen molar-refractivity contribution >= 4 is 35.1 Å². The number of rotatable bonds is 0. The molecule has 2 amide bonds. The standard InChI is InChI=1S/C15H10N2O4S/c18-9-5-16-14(21)15(17-9)6-22-13-10(15)11(19)7-3-1-2-4-8(7)12(13)20/h1-4H,5-6H2,(H,16,21)(H,17,18)/t15-/m1/s1. The van der Waals surface area contributed by atoms with Crippen LogP contribution in [0.15, 0.2) is 34.7 Å². The average Bonchev–Trinajstić information content (AvgIpc) is 2.89. The zero-order valence-corrected chi connectivity index (χ0v) is 12.1. The average molecular weight is 314 g/mol. The molecule has 3 aliphatic rings. The van der Waals surface area contributed by atoms with Gasteiger partial charge in [-0.3, -0.25) is 19.2 Å². The summed E-state index contributed by atoms with van der Waals surface area (Å²) in [5, 5.41) is 5.11. The molecule has 4 rings (SSSR count). The van der Waals surface area contributed by atoms with Gasteiger partial charge in [0.15, 0.2) is 11.3 Å². The Morgan fingerprint density at radius 2 is 1.68 bits per heavy atom. The number of ketones is 2. The number of Topliss-reactive ketones (excluding diaryl/α,β-unsaturated/α-hetero) is 2. The van der Waals surface area contributed by atoms with E-state index in [-0.39, 0.29) is 45.8 Å². The van der Waals surface area contributed by atoms with E-state index >= 15 is 0 Å². The van der Waals surface area contributed by atoms with Crippen LogP contribution in [0, 0.1) is 0 Å². The second-order valence-corrected chi connectivity index (χ2v) is 6.32. The van der Waals surface area contributed by atoms with Crippen molar-refractivity contribution in [1.29, 1.82) is 0 Å². The maximum Gasteiger partial charge on any atom is 0.251 e. The molecule has 1 saturated heterocycles. The van der Waals surface area contributed by atoms with Gasteiger partial charge in [-0.1, -0.05) is 24.3 Å². The summed E-state index contributed by atoms with van der Waals surface area (Å²) in [5.41, 5.74) is -0.707. The Morgan fingerprint density at radius 3 is 2.41 bits per heavy atom. The topological polar surface area (TPSA) is 92.3 Å². The number of allylic oxidation sites excluding steroid dienone is 1. The molecule has 0 saturated carbocycles. The van der Waals surface area contributed by atoms with Gasteiger partial charge in [0, 0.05) is 16.9 Å². The van der Waals surface area contributed by atoms with Crippen LogP contribution in [0.25, 0.3) is 0 Å². The van der Waals surface area contributed by atoms with Gasteiger partial charge in [0.2, 0.25) is 11.7 Å². The Kier molecular flexibility index (Phi) is 2.59. The number of carbonyl (C=O) groups excluding carboxylic acids is 4. The molecule has 1 aliphatic carbocycles. The molecule has 22 heavy (non-hydrogen) atoms. The molecule has 1 atom stereocenters. The molecule has 1 fully saturated rings. The van der Waals surface area contributed by atoms with Crippen LogP contribution in [0.1, 0.15) is 20.7 Å². The van der Waals surface area contributed by atoms with Crippen molar-refractivity contribution in [3.63, 3.8) is 0 Å². The Balaban J connectivity index is 1.93. The Hall–Kier alpha value is -2.41. The van der Waals surface area contributed by atoms with Gasteiger partial charge in [-0.15, -0.1) is 11.8 Å². The minimum absolute atomic E-state index is 0.103. The SMILES string of the molecule is O=C1CNC(=O)[C@]2(CSC3=C2C(=O)c2ccccc2C3=O)N1. The zero-order chi connectivity index (χ0) is 15.5. The van der Waals surface area contributed by atoms with E-state index in [2.05, 4.69) is 10.6 Å². The van der Waals surface area contributed by atoms with Crippen LogP contribution in [0.5, 0.6) is 0 Å². The van der Waals surface area contributed by atoms with E-state index in [1.807, 2.05) is 0 Å². The molecule has 1 aromatic rings. The van der Waals surface area contributed by atoms with Gasteiger partial charge in [-0.05, 0) is 0 Å². The predicted octanol–water partition coefficient (Wildman–Crippen LogP) is 0.0513. The summed E-state index contributed by atoms with van der Waals surface area (Å²) < 4.78 is 0. The Morgan fingerprint density at radius 1 is 1.00 bits per heavy atom. The van der Waals surface area contributed by atoms with Gasteiger partial charge >= 0.3 is 0 Å². The van der Waals surface area contributed by atoms with Gasteiger partial charge in [-0.2, -0.15) is 0 Å². The lowest BCUT2D eigenvalue weighted by Gasteiger charge is -2.35. The molecule has 6 nitrogen and oxygen atoms in total. The van der Waals surface area contributed by atoms with Crippen LogP contribution in [-0.4, -0.2) is 41.2 Å². The molecule has 0 radical (unpaired) electrons. The van der Waals surface area contributed by atoms with Crippen LogP contribution < -0.4 is 10.6 Å². The molecule has 1 spiro atoms. The summed E-state index contributed by atoms with van der Waals surface area (Å²) in [6.07, 6.45) is 0. The number of amides is 2. The summed E-state index contributed by atoms with van der Waals surface area (Å²) >= 11 is 1.15. The summed E-state index contributed by atoms with van der Waals surface area (Å²) in [6, 6.07) is 6.53.